The third kappa shape index (κ3) is 3.90. The zero-order valence-electron chi connectivity index (χ0n) is 13.8. The Morgan fingerprint density at radius 2 is 0.917 bits per heavy atom. The first-order valence-corrected chi connectivity index (χ1v) is 7.64. The second-order valence-corrected chi connectivity index (χ2v) is 5.39. The molecule has 0 aliphatic rings. The first-order valence-electron chi connectivity index (χ1n) is 7.64. The van der Waals surface area contributed by atoms with Crippen molar-refractivity contribution in [2.24, 2.45) is 0 Å². The molecule has 24 heavy (non-hydrogen) atoms. The Kier molecular flexibility index (Phi) is 6.28. The van der Waals surface area contributed by atoms with Crippen LogP contribution in [0.15, 0.2) is 78.9 Å². The molecule has 3 aromatic carbocycles. The van der Waals surface area contributed by atoms with Gasteiger partial charge in [0.2, 0.25) is 0 Å². The van der Waals surface area contributed by atoms with Gasteiger partial charge in [-0.3, -0.25) is 0 Å². The van der Waals surface area contributed by atoms with E-state index in [-0.39, 0.29) is 18.3 Å². The predicted molar refractivity (Wildman–Crippen MR) is 101 cm³/mol. The summed E-state index contributed by atoms with van der Waals surface area (Å²) in [4.78, 5) is 0. The van der Waals surface area contributed by atoms with Crippen LogP contribution in [0.5, 0.6) is 11.5 Å². The molecule has 2 nitrogen and oxygen atoms in total. The van der Waals surface area contributed by atoms with Crippen molar-refractivity contribution in [1.82, 2.24) is 0 Å². The molecule has 0 heterocycles. The van der Waals surface area contributed by atoms with Crippen LogP contribution in [0.25, 0.3) is 0 Å². The number of methoxy groups -OCH3 is 2. The molecule has 3 rings (SSSR count). The molecule has 0 aromatic heterocycles. The number of hydrogen-bond acceptors (Lipinski definition) is 2. The molecule has 0 aliphatic carbocycles. The van der Waals surface area contributed by atoms with Crippen LogP contribution in [-0.2, 0) is 0 Å². The van der Waals surface area contributed by atoms with E-state index in [1.807, 2.05) is 30.3 Å². The van der Waals surface area contributed by atoms with Crippen molar-refractivity contribution < 1.29 is 9.47 Å². The summed E-state index contributed by atoms with van der Waals surface area (Å²) in [6.45, 7) is 0. The summed E-state index contributed by atoms with van der Waals surface area (Å²) in [5.41, 5.74) is 3.74. The molecule has 0 fully saturated rings. The van der Waals surface area contributed by atoms with E-state index in [0.29, 0.717) is 0 Å². The highest BCUT2D eigenvalue weighted by Crippen LogP contribution is 2.33. The van der Waals surface area contributed by atoms with Gasteiger partial charge in [-0.2, -0.15) is 0 Å². The maximum atomic E-state index is 5.27. The number of hydrogen-bond donors (Lipinski definition) is 0. The molecule has 124 valence electrons. The van der Waals surface area contributed by atoms with Gasteiger partial charge in [-0.15, -0.1) is 12.4 Å². The predicted octanol–water partition coefficient (Wildman–Crippen LogP) is 5.31. The minimum absolute atomic E-state index is 0. The molecular formula is C21H21ClO2. The van der Waals surface area contributed by atoms with Crippen molar-refractivity contribution in [3.63, 3.8) is 0 Å². The summed E-state index contributed by atoms with van der Waals surface area (Å²) in [5.74, 6) is 1.93. The van der Waals surface area contributed by atoms with Crippen LogP contribution < -0.4 is 9.47 Å². The van der Waals surface area contributed by atoms with Crippen molar-refractivity contribution in [3.05, 3.63) is 95.6 Å². The van der Waals surface area contributed by atoms with Crippen LogP contribution in [0.1, 0.15) is 22.6 Å². The van der Waals surface area contributed by atoms with E-state index < -0.39 is 0 Å². The molecule has 0 saturated heterocycles. The highest BCUT2D eigenvalue weighted by molar-refractivity contribution is 5.85. The largest absolute Gasteiger partial charge is 0.497 e. The zero-order chi connectivity index (χ0) is 16.1. The monoisotopic (exact) mass is 340 g/mol. The minimum atomic E-state index is 0. The summed E-state index contributed by atoms with van der Waals surface area (Å²) in [7, 11) is 3.38. The van der Waals surface area contributed by atoms with E-state index in [2.05, 4.69) is 48.5 Å². The average Bonchev–Trinajstić information content (AvgIpc) is 2.64. The molecule has 3 heteroatoms. The normalized spacial score (nSPS) is 10.1. The van der Waals surface area contributed by atoms with Gasteiger partial charge >= 0.3 is 0 Å². The summed E-state index contributed by atoms with van der Waals surface area (Å²) in [5, 5.41) is 0. The van der Waals surface area contributed by atoms with Crippen molar-refractivity contribution in [2.45, 2.75) is 5.92 Å². The van der Waals surface area contributed by atoms with Gasteiger partial charge in [-0.05, 0) is 41.0 Å². The zero-order valence-corrected chi connectivity index (χ0v) is 14.6. The number of halogens is 1. The lowest BCUT2D eigenvalue weighted by Crippen LogP contribution is -2.03. The second-order valence-electron chi connectivity index (χ2n) is 5.39. The number of rotatable bonds is 5. The Hall–Kier alpha value is -2.45. The van der Waals surface area contributed by atoms with E-state index in [9.17, 15) is 0 Å². The minimum Gasteiger partial charge on any atom is -0.497 e. The number of ether oxygens (including phenoxy) is 2. The van der Waals surface area contributed by atoms with Crippen LogP contribution in [0.2, 0.25) is 0 Å². The molecule has 0 spiro atoms. The molecule has 0 bridgehead atoms. The van der Waals surface area contributed by atoms with Crippen molar-refractivity contribution in [3.8, 4) is 11.5 Å². The molecule has 3 aromatic rings. The topological polar surface area (TPSA) is 18.5 Å². The molecule has 0 atom stereocenters. The van der Waals surface area contributed by atoms with Gasteiger partial charge in [0.1, 0.15) is 11.5 Å². The smallest absolute Gasteiger partial charge is 0.118 e. The quantitative estimate of drug-likeness (QED) is 0.586. The van der Waals surface area contributed by atoms with E-state index in [1.165, 1.54) is 16.7 Å². The van der Waals surface area contributed by atoms with Crippen LogP contribution in [0.3, 0.4) is 0 Å². The Balaban J connectivity index is 0.00000208. The van der Waals surface area contributed by atoms with Gasteiger partial charge < -0.3 is 9.47 Å². The van der Waals surface area contributed by atoms with Gasteiger partial charge in [-0.1, -0.05) is 54.6 Å². The molecule has 0 radical (unpaired) electrons. The van der Waals surface area contributed by atoms with E-state index >= 15 is 0 Å². The Bertz CT molecular complexity index is 690. The average molecular weight is 341 g/mol. The van der Waals surface area contributed by atoms with Gasteiger partial charge in [-0.25, -0.2) is 0 Å². The second kappa shape index (κ2) is 8.42. The van der Waals surface area contributed by atoms with Crippen molar-refractivity contribution >= 4 is 12.4 Å². The maximum Gasteiger partial charge on any atom is 0.118 e. The summed E-state index contributed by atoms with van der Waals surface area (Å²) in [6, 6.07) is 27.1. The third-order valence-electron chi connectivity index (χ3n) is 4.03. The standard InChI is InChI=1S/C21H20O2.ClH/c1-22-19-12-8-17(9-13-19)21(16-6-4-3-5-7-16)18-10-14-20(23-2)15-11-18;/h3-15,21H,1-2H3;1H. The fourth-order valence-electron chi connectivity index (χ4n) is 2.82. The third-order valence-corrected chi connectivity index (χ3v) is 4.03. The van der Waals surface area contributed by atoms with Crippen LogP contribution in [0.4, 0.5) is 0 Å². The maximum absolute atomic E-state index is 5.27. The van der Waals surface area contributed by atoms with Gasteiger partial charge in [0.05, 0.1) is 14.2 Å². The van der Waals surface area contributed by atoms with Crippen LogP contribution in [0, 0.1) is 0 Å². The molecular weight excluding hydrogens is 320 g/mol. The fourth-order valence-corrected chi connectivity index (χ4v) is 2.82. The van der Waals surface area contributed by atoms with Crippen LogP contribution >= 0.6 is 12.4 Å². The van der Waals surface area contributed by atoms with E-state index in [4.69, 9.17) is 9.47 Å². The Morgan fingerprint density at radius 3 is 1.29 bits per heavy atom. The first-order chi connectivity index (χ1) is 11.3. The Labute approximate surface area is 149 Å². The summed E-state index contributed by atoms with van der Waals surface area (Å²) >= 11 is 0. The van der Waals surface area contributed by atoms with E-state index in [1.54, 1.807) is 14.2 Å². The lowest BCUT2D eigenvalue weighted by Gasteiger charge is -2.19. The van der Waals surface area contributed by atoms with Gasteiger partial charge in [0, 0.05) is 5.92 Å². The van der Waals surface area contributed by atoms with Gasteiger partial charge in [0.15, 0.2) is 0 Å². The lowest BCUT2D eigenvalue weighted by molar-refractivity contribution is 0.414. The molecule has 0 N–H and O–H groups in total. The van der Waals surface area contributed by atoms with Crippen LogP contribution in [-0.4, -0.2) is 14.2 Å². The van der Waals surface area contributed by atoms with Crippen molar-refractivity contribution in [2.75, 3.05) is 14.2 Å². The SMILES string of the molecule is COc1ccc(C(c2ccccc2)c2ccc(OC)cc2)cc1.Cl. The summed E-state index contributed by atoms with van der Waals surface area (Å²) in [6.07, 6.45) is 0. The highest BCUT2D eigenvalue weighted by Gasteiger charge is 2.16. The fraction of sp³-hybridized carbons (Fsp3) is 0.143. The molecule has 0 amide bonds. The lowest BCUT2D eigenvalue weighted by atomic mass is 9.85. The van der Waals surface area contributed by atoms with E-state index in [0.717, 1.165) is 11.5 Å². The molecule has 0 unspecified atom stereocenters. The summed E-state index contributed by atoms with van der Waals surface area (Å²) < 4.78 is 10.5. The van der Waals surface area contributed by atoms with Gasteiger partial charge in [0.25, 0.3) is 0 Å². The van der Waals surface area contributed by atoms with Crippen molar-refractivity contribution in [1.29, 1.82) is 0 Å². The molecule has 0 saturated carbocycles. The first kappa shape index (κ1) is 17.9. The number of benzene rings is 3. The molecule has 0 aliphatic heterocycles. The highest BCUT2D eigenvalue weighted by atomic mass is 35.5. The Morgan fingerprint density at radius 1 is 0.542 bits per heavy atom.